The van der Waals surface area contributed by atoms with E-state index >= 15 is 0 Å². The summed E-state index contributed by atoms with van der Waals surface area (Å²) in [5.41, 5.74) is 1.97. The van der Waals surface area contributed by atoms with E-state index < -0.39 is 17.8 Å². The Morgan fingerprint density at radius 1 is 1.14 bits per heavy atom. The minimum Gasteiger partial charge on any atom is -0.445 e. The van der Waals surface area contributed by atoms with E-state index in [1.807, 2.05) is 66.7 Å². The first-order valence-corrected chi connectivity index (χ1v) is 9.89. The van der Waals surface area contributed by atoms with Gasteiger partial charge in [0.25, 0.3) is 0 Å². The Bertz CT molecular complexity index is 1190. The van der Waals surface area contributed by atoms with E-state index in [9.17, 15) is 9.59 Å². The highest BCUT2D eigenvalue weighted by atomic mass is 32.1. The summed E-state index contributed by atoms with van der Waals surface area (Å²) >= 11 is 1.34. The van der Waals surface area contributed by atoms with E-state index in [1.54, 1.807) is 6.92 Å². The van der Waals surface area contributed by atoms with Crippen LogP contribution in [0.3, 0.4) is 0 Å². The van der Waals surface area contributed by atoms with Crippen molar-refractivity contribution in [3.05, 3.63) is 88.6 Å². The highest BCUT2D eigenvalue weighted by Gasteiger charge is 2.18. The quantitative estimate of drug-likeness (QED) is 0.510. The van der Waals surface area contributed by atoms with Crippen LogP contribution in [0.4, 0.5) is 4.79 Å². The zero-order valence-electron chi connectivity index (χ0n) is 15.6. The first kappa shape index (κ1) is 18.9. The van der Waals surface area contributed by atoms with Crippen molar-refractivity contribution in [2.45, 2.75) is 19.6 Å². The third-order valence-corrected chi connectivity index (χ3v) is 5.46. The fourth-order valence-electron chi connectivity index (χ4n) is 2.83. The number of amides is 1. The van der Waals surface area contributed by atoms with Crippen molar-refractivity contribution in [1.29, 1.82) is 0 Å². The van der Waals surface area contributed by atoms with Gasteiger partial charge in [-0.2, -0.15) is 0 Å². The zero-order chi connectivity index (χ0) is 20.2. The van der Waals surface area contributed by atoms with E-state index in [1.165, 1.54) is 11.3 Å². The predicted molar refractivity (Wildman–Crippen MR) is 112 cm³/mol. The van der Waals surface area contributed by atoms with E-state index in [2.05, 4.69) is 10.3 Å². The standard InChI is InChI=1S/C22H18N2O4S/c1-14(23-22(26)27-13-15-8-4-2-5-9-15)20-24-17-12-18(16-10-6-3-7-11-16)29-19(17)21(25)28-20/h2-12,14H,13H2,1H3,(H,23,26)/t14-/m0/s1. The van der Waals surface area contributed by atoms with Gasteiger partial charge in [-0.15, -0.1) is 11.3 Å². The van der Waals surface area contributed by atoms with Crippen molar-refractivity contribution in [2.75, 3.05) is 0 Å². The number of hydrogen-bond acceptors (Lipinski definition) is 6. The normalized spacial score (nSPS) is 11.9. The van der Waals surface area contributed by atoms with Crippen LogP contribution in [0.1, 0.15) is 24.4 Å². The maximum absolute atomic E-state index is 12.4. The van der Waals surface area contributed by atoms with Gasteiger partial charge in [-0.05, 0) is 24.1 Å². The van der Waals surface area contributed by atoms with Crippen LogP contribution in [0.25, 0.3) is 20.7 Å². The minimum atomic E-state index is -0.615. The lowest BCUT2D eigenvalue weighted by Gasteiger charge is -2.12. The summed E-state index contributed by atoms with van der Waals surface area (Å²) in [7, 11) is 0. The summed E-state index contributed by atoms with van der Waals surface area (Å²) in [6, 6.07) is 20.4. The van der Waals surface area contributed by atoms with Crippen LogP contribution in [0.5, 0.6) is 0 Å². The molecule has 0 saturated carbocycles. The Kier molecular flexibility index (Phi) is 5.39. The van der Waals surface area contributed by atoms with E-state index in [4.69, 9.17) is 9.15 Å². The number of thiophene rings is 1. The van der Waals surface area contributed by atoms with Gasteiger partial charge in [0.05, 0.1) is 5.52 Å². The number of carbonyl (C=O) groups excluding carboxylic acids is 1. The van der Waals surface area contributed by atoms with Crippen LogP contribution in [-0.2, 0) is 11.3 Å². The summed E-state index contributed by atoms with van der Waals surface area (Å²) in [5.74, 6) is 0.136. The monoisotopic (exact) mass is 406 g/mol. The van der Waals surface area contributed by atoms with Gasteiger partial charge in [-0.25, -0.2) is 14.6 Å². The highest BCUT2D eigenvalue weighted by Crippen LogP contribution is 2.31. The van der Waals surface area contributed by atoms with Crippen LogP contribution < -0.4 is 10.9 Å². The van der Waals surface area contributed by atoms with E-state index in [0.717, 1.165) is 16.0 Å². The number of nitrogens with one attached hydrogen (secondary N) is 1. The zero-order valence-corrected chi connectivity index (χ0v) is 16.4. The average molecular weight is 406 g/mol. The summed E-state index contributed by atoms with van der Waals surface area (Å²) in [5, 5.41) is 2.64. The molecule has 0 bridgehead atoms. The number of aromatic nitrogens is 1. The summed E-state index contributed by atoms with van der Waals surface area (Å²) in [6.07, 6.45) is -0.610. The number of fused-ring (bicyclic) bond motifs is 1. The fraction of sp³-hybridized carbons (Fsp3) is 0.136. The molecule has 1 N–H and O–H groups in total. The molecule has 0 radical (unpaired) electrons. The topological polar surface area (TPSA) is 81.4 Å². The van der Waals surface area contributed by atoms with Crippen LogP contribution >= 0.6 is 11.3 Å². The van der Waals surface area contributed by atoms with Gasteiger partial charge in [0.1, 0.15) is 17.3 Å². The number of nitrogens with zero attached hydrogens (tertiary/aromatic N) is 1. The van der Waals surface area contributed by atoms with Gasteiger partial charge in [0.15, 0.2) is 0 Å². The number of alkyl carbamates (subject to hydrolysis) is 1. The Morgan fingerprint density at radius 2 is 1.83 bits per heavy atom. The van der Waals surface area contributed by atoms with Crippen LogP contribution in [0, 0.1) is 0 Å². The van der Waals surface area contributed by atoms with Gasteiger partial charge in [-0.3, -0.25) is 0 Å². The van der Waals surface area contributed by atoms with Gasteiger partial charge in [-0.1, -0.05) is 60.7 Å². The molecule has 1 atom stereocenters. The van der Waals surface area contributed by atoms with Gasteiger partial charge < -0.3 is 14.5 Å². The molecule has 2 aromatic carbocycles. The van der Waals surface area contributed by atoms with Crippen molar-refractivity contribution < 1.29 is 13.9 Å². The molecule has 0 aliphatic rings. The summed E-state index contributed by atoms with van der Waals surface area (Å²) in [4.78, 5) is 29.8. The Labute approximate surface area is 170 Å². The largest absolute Gasteiger partial charge is 0.445 e. The molecule has 6 nitrogen and oxygen atoms in total. The molecule has 2 aromatic heterocycles. The Hall–Kier alpha value is -3.45. The second-order valence-corrected chi connectivity index (χ2v) is 7.51. The molecule has 29 heavy (non-hydrogen) atoms. The van der Waals surface area contributed by atoms with E-state index in [-0.39, 0.29) is 12.5 Å². The maximum Gasteiger partial charge on any atom is 0.408 e. The van der Waals surface area contributed by atoms with Crippen LogP contribution in [-0.4, -0.2) is 11.1 Å². The fourth-order valence-corrected chi connectivity index (χ4v) is 3.81. The molecule has 0 aliphatic heterocycles. The molecular weight excluding hydrogens is 388 g/mol. The molecule has 2 heterocycles. The number of ether oxygens (including phenoxy) is 1. The molecule has 0 aliphatic carbocycles. The van der Waals surface area contributed by atoms with Crippen molar-refractivity contribution in [1.82, 2.24) is 10.3 Å². The number of hydrogen-bond donors (Lipinski definition) is 1. The first-order chi connectivity index (χ1) is 14.1. The molecular formula is C22H18N2O4S. The minimum absolute atomic E-state index is 0.136. The van der Waals surface area contributed by atoms with Crippen molar-refractivity contribution in [2.24, 2.45) is 0 Å². The Balaban J connectivity index is 1.49. The molecule has 1 amide bonds. The van der Waals surface area contributed by atoms with Crippen molar-refractivity contribution in [3.8, 4) is 10.4 Å². The third kappa shape index (κ3) is 4.35. The van der Waals surface area contributed by atoms with Crippen LogP contribution in [0.15, 0.2) is 75.9 Å². The molecule has 4 rings (SSSR count). The summed E-state index contributed by atoms with van der Waals surface area (Å²) in [6.45, 7) is 1.84. The van der Waals surface area contributed by atoms with Crippen LogP contribution in [0.2, 0.25) is 0 Å². The molecule has 0 fully saturated rings. The van der Waals surface area contributed by atoms with Gasteiger partial charge >= 0.3 is 11.7 Å². The lowest BCUT2D eigenvalue weighted by molar-refractivity contribution is 0.134. The smallest absolute Gasteiger partial charge is 0.408 e. The lowest BCUT2D eigenvalue weighted by Crippen LogP contribution is -2.28. The number of carbonyl (C=O) groups is 1. The predicted octanol–water partition coefficient (Wildman–Crippen LogP) is 4.90. The molecule has 146 valence electrons. The Morgan fingerprint density at radius 3 is 2.55 bits per heavy atom. The van der Waals surface area contributed by atoms with Gasteiger partial charge in [0, 0.05) is 4.88 Å². The first-order valence-electron chi connectivity index (χ1n) is 9.07. The molecule has 0 unspecified atom stereocenters. The number of rotatable bonds is 5. The van der Waals surface area contributed by atoms with E-state index in [0.29, 0.717) is 10.2 Å². The SMILES string of the molecule is C[C@H](NC(=O)OCc1ccccc1)c1nc2cc(-c3ccccc3)sc2c(=O)o1. The second kappa shape index (κ2) is 8.28. The second-order valence-electron chi connectivity index (χ2n) is 6.46. The lowest BCUT2D eigenvalue weighted by atomic mass is 10.2. The molecule has 7 heteroatoms. The molecule has 0 spiro atoms. The summed E-state index contributed by atoms with van der Waals surface area (Å²) < 4.78 is 11.0. The van der Waals surface area contributed by atoms with Crippen molar-refractivity contribution >= 4 is 27.6 Å². The number of benzene rings is 2. The average Bonchev–Trinajstić information content (AvgIpc) is 3.19. The molecule has 4 aromatic rings. The maximum atomic E-state index is 12.4. The highest BCUT2D eigenvalue weighted by molar-refractivity contribution is 7.22. The molecule has 0 saturated heterocycles. The van der Waals surface area contributed by atoms with Gasteiger partial charge in [0.2, 0.25) is 5.89 Å². The van der Waals surface area contributed by atoms with Crippen molar-refractivity contribution in [3.63, 3.8) is 0 Å². The third-order valence-electron chi connectivity index (χ3n) is 4.30.